The minimum Gasteiger partial charge on any atom is -0.457 e. The van der Waals surface area contributed by atoms with E-state index in [-0.39, 0.29) is 11.9 Å². The number of aromatic nitrogens is 1. The van der Waals surface area contributed by atoms with Crippen LogP contribution in [0.1, 0.15) is 40.9 Å². The molecule has 0 N–H and O–H groups in total. The van der Waals surface area contributed by atoms with E-state index in [0.29, 0.717) is 31.0 Å². The van der Waals surface area contributed by atoms with Gasteiger partial charge in [0.15, 0.2) is 5.82 Å². The quantitative estimate of drug-likeness (QED) is 0.593. The highest BCUT2D eigenvalue weighted by Crippen LogP contribution is 2.21. The number of anilines is 1. The standard InChI is InChI=1S/C23H25N7O3.C2H6/c31-22(14-18-2-4-21(24-15-18)30-8-6-25-26-27-30)29-11-9-28(10-12-29)7-5-17-1-3-20-19(13-17)16-33-23(20)32;1-2/h1-4,6,13,15H,5,7-12,14,16H2;1-2H3. The molecule has 2 aromatic rings. The number of rotatable bonds is 6. The summed E-state index contributed by atoms with van der Waals surface area (Å²) in [4.78, 5) is 33.0. The van der Waals surface area contributed by atoms with Gasteiger partial charge in [-0.25, -0.2) is 14.8 Å². The molecule has 0 aliphatic carbocycles. The Hall–Kier alpha value is -3.66. The number of cyclic esters (lactones) is 1. The minimum atomic E-state index is -0.229. The van der Waals surface area contributed by atoms with Gasteiger partial charge in [-0.1, -0.05) is 32.0 Å². The Labute approximate surface area is 205 Å². The summed E-state index contributed by atoms with van der Waals surface area (Å²) in [6.45, 7) is 9.00. The van der Waals surface area contributed by atoms with Crippen LogP contribution >= 0.6 is 0 Å². The van der Waals surface area contributed by atoms with Gasteiger partial charge in [-0.3, -0.25) is 9.69 Å². The first-order chi connectivity index (χ1) is 17.2. The predicted octanol–water partition coefficient (Wildman–Crippen LogP) is 2.88. The molecule has 4 heterocycles. The molecule has 0 bridgehead atoms. The largest absolute Gasteiger partial charge is 0.457 e. The van der Waals surface area contributed by atoms with Crippen LogP contribution in [-0.4, -0.2) is 72.1 Å². The average Bonchev–Trinajstić information content (AvgIpc) is 3.29. The minimum absolute atomic E-state index is 0.122. The summed E-state index contributed by atoms with van der Waals surface area (Å²) >= 11 is 0. The van der Waals surface area contributed by atoms with Gasteiger partial charge < -0.3 is 9.64 Å². The van der Waals surface area contributed by atoms with E-state index in [2.05, 4.69) is 31.5 Å². The maximum absolute atomic E-state index is 12.8. The zero-order chi connectivity index (χ0) is 24.6. The van der Waals surface area contributed by atoms with Crippen LogP contribution in [0.2, 0.25) is 0 Å². The fourth-order valence-corrected chi connectivity index (χ4v) is 4.21. The number of hydrogen-bond donors (Lipinski definition) is 0. The molecule has 184 valence electrons. The lowest BCUT2D eigenvalue weighted by Gasteiger charge is -2.34. The summed E-state index contributed by atoms with van der Waals surface area (Å²) in [7, 11) is 0. The zero-order valence-corrected chi connectivity index (χ0v) is 20.3. The molecular formula is C25H31N7O3. The van der Waals surface area contributed by atoms with Crippen molar-refractivity contribution in [1.29, 1.82) is 0 Å². The van der Waals surface area contributed by atoms with Gasteiger partial charge in [-0.05, 0) is 40.1 Å². The first-order valence-electron chi connectivity index (χ1n) is 12.1. The Bertz CT molecular complexity index is 1090. The molecule has 1 amide bonds. The van der Waals surface area contributed by atoms with Crippen molar-refractivity contribution in [2.75, 3.05) is 44.3 Å². The second-order valence-corrected chi connectivity index (χ2v) is 8.30. The molecule has 0 saturated carbocycles. The van der Waals surface area contributed by atoms with E-state index in [0.717, 1.165) is 50.3 Å². The highest BCUT2D eigenvalue weighted by molar-refractivity contribution is 5.93. The third kappa shape index (κ3) is 6.07. The third-order valence-electron chi connectivity index (χ3n) is 6.15. The van der Waals surface area contributed by atoms with Crippen LogP contribution < -0.4 is 5.01 Å². The van der Waals surface area contributed by atoms with Gasteiger partial charge in [0.2, 0.25) is 5.91 Å². The van der Waals surface area contributed by atoms with Crippen LogP contribution in [0.4, 0.5) is 5.82 Å². The van der Waals surface area contributed by atoms with Crippen molar-refractivity contribution in [3.05, 3.63) is 58.8 Å². The zero-order valence-electron chi connectivity index (χ0n) is 20.3. The van der Waals surface area contributed by atoms with Gasteiger partial charge in [-0.2, -0.15) is 0 Å². The molecule has 0 unspecified atom stereocenters. The van der Waals surface area contributed by atoms with Crippen molar-refractivity contribution >= 4 is 23.9 Å². The number of ether oxygens (including phenoxy) is 1. The smallest absolute Gasteiger partial charge is 0.338 e. The molecule has 10 nitrogen and oxygen atoms in total. The summed E-state index contributed by atoms with van der Waals surface area (Å²) in [5, 5.41) is 12.9. The Morgan fingerprint density at radius 1 is 1.06 bits per heavy atom. The number of fused-ring (bicyclic) bond motifs is 1. The SMILES string of the molecule is CC.O=C1OCc2cc(CCN3CCN(C(=O)Cc4ccc(N5CC=NN=N5)nc4)CC3)ccc21. The Balaban J connectivity index is 0.00000141. The lowest BCUT2D eigenvalue weighted by molar-refractivity contribution is -0.132. The van der Waals surface area contributed by atoms with E-state index in [1.54, 1.807) is 17.4 Å². The monoisotopic (exact) mass is 477 g/mol. The second kappa shape index (κ2) is 11.7. The number of carbonyl (C=O) groups is 2. The van der Waals surface area contributed by atoms with Crippen LogP contribution in [0, 0.1) is 0 Å². The molecule has 1 saturated heterocycles. The number of pyridine rings is 1. The fourth-order valence-electron chi connectivity index (χ4n) is 4.21. The van der Waals surface area contributed by atoms with Gasteiger partial charge in [0.25, 0.3) is 0 Å². The van der Waals surface area contributed by atoms with E-state index in [1.807, 2.05) is 43.0 Å². The summed E-state index contributed by atoms with van der Waals surface area (Å²) in [5.74, 6) is 0.571. The number of amides is 1. The molecule has 10 heteroatoms. The van der Waals surface area contributed by atoms with Crippen molar-refractivity contribution in [3.63, 3.8) is 0 Å². The summed E-state index contributed by atoms with van der Waals surface area (Å²) in [5.41, 5.74) is 3.75. The van der Waals surface area contributed by atoms with Crippen molar-refractivity contribution < 1.29 is 14.3 Å². The van der Waals surface area contributed by atoms with E-state index < -0.39 is 0 Å². The lowest BCUT2D eigenvalue weighted by Crippen LogP contribution is -2.49. The first kappa shape index (κ1) is 24.5. The van der Waals surface area contributed by atoms with E-state index in [1.165, 1.54) is 5.56 Å². The van der Waals surface area contributed by atoms with Gasteiger partial charge in [0.05, 0.1) is 24.7 Å². The summed E-state index contributed by atoms with van der Waals surface area (Å²) < 4.78 is 5.08. The van der Waals surface area contributed by atoms with E-state index >= 15 is 0 Å². The van der Waals surface area contributed by atoms with E-state index in [4.69, 9.17) is 4.74 Å². The summed E-state index contributed by atoms with van der Waals surface area (Å²) in [6.07, 6.45) is 4.64. The highest BCUT2D eigenvalue weighted by Gasteiger charge is 2.23. The van der Waals surface area contributed by atoms with E-state index in [9.17, 15) is 9.59 Å². The van der Waals surface area contributed by atoms with Crippen molar-refractivity contribution in [3.8, 4) is 0 Å². The number of piperazine rings is 1. The molecule has 0 radical (unpaired) electrons. The van der Waals surface area contributed by atoms with Crippen LogP contribution in [0.3, 0.4) is 0 Å². The first-order valence-corrected chi connectivity index (χ1v) is 12.1. The van der Waals surface area contributed by atoms with Crippen molar-refractivity contribution in [2.45, 2.75) is 33.3 Å². The average molecular weight is 478 g/mol. The molecular weight excluding hydrogens is 446 g/mol. The number of benzene rings is 1. The molecule has 1 fully saturated rings. The highest BCUT2D eigenvalue weighted by atomic mass is 16.5. The molecule has 1 aromatic carbocycles. The Kier molecular flexibility index (Phi) is 8.15. The van der Waals surface area contributed by atoms with Crippen LogP contribution in [0.25, 0.3) is 0 Å². The van der Waals surface area contributed by atoms with Crippen LogP contribution in [0.5, 0.6) is 0 Å². The maximum Gasteiger partial charge on any atom is 0.338 e. The fraction of sp³-hybridized carbons (Fsp3) is 0.440. The van der Waals surface area contributed by atoms with Gasteiger partial charge in [0, 0.05) is 44.5 Å². The molecule has 0 atom stereocenters. The predicted molar refractivity (Wildman–Crippen MR) is 132 cm³/mol. The van der Waals surface area contributed by atoms with Crippen molar-refractivity contribution in [2.24, 2.45) is 15.5 Å². The van der Waals surface area contributed by atoms with Gasteiger partial charge in [0.1, 0.15) is 6.61 Å². The molecule has 0 spiro atoms. The molecule has 1 aromatic heterocycles. The lowest BCUT2D eigenvalue weighted by atomic mass is 10.0. The number of carbonyl (C=O) groups excluding carboxylic acids is 2. The number of nitrogens with zero attached hydrogens (tertiary/aromatic N) is 7. The molecule has 3 aliphatic rings. The molecule has 5 rings (SSSR count). The van der Waals surface area contributed by atoms with Gasteiger partial charge in [-0.15, -0.1) is 5.10 Å². The van der Waals surface area contributed by atoms with Crippen LogP contribution in [-0.2, 0) is 29.0 Å². The van der Waals surface area contributed by atoms with Crippen LogP contribution in [0.15, 0.2) is 52.1 Å². The molecule has 35 heavy (non-hydrogen) atoms. The molecule has 3 aliphatic heterocycles. The van der Waals surface area contributed by atoms with Crippen molar-refractivity contribution in [1.82, 2.24) is 14.8 Å². The number of esters is 1. The summed E-state index contributed by atoms with van der Waals surface area (Å²) in [6, 6.07) is 9.70. The van der Waals surface area contributed by atoms with Gasteiger partial charge >= 0.3 is 5.97 Å². The second-order valence-electron chi connectivity index (χ2n) is 8.30. The third-order valence-corrected chi connectivity index (χ3v) is 6.15. The maximum atomic E-state index is 12.8. The topological polar surface area (TPSA) is 103 Å². The normalized spacial score (nSPS) is 17.0. The number of hydrogen-bond acceptors (Lipinski definition) is 9. The Morgan fingerprint density at radius 2 is 1.86 bits per heavy atom. The Morgan fingerprint density at radius 3 is 2.57 bits per heavy atom.